The zero-order chi connectivity index (χ0) is 11.6. The van der Waals surface area contributed by atoms with Gasteiger partial charge in [-0.2, -0.15) is 0 Å². The van der Waals surface area contributed by atoms with Gasteiger partial charge in [0.05, 0.1) is 0 Å². The smallest absolute Gasteiger partial charge is 0.00205 e. The van der Waals surface area contributed by atoms with E-state index in [-0.39, 0.29) is 0 Å². The monoisotopic (exact) mass is 213 g/mol. The molecule has 0 aromatic rings. The summed E-state index contributed by atoms with van der Waals surface area (Å²) in [6.07, 6.45) is 12.0. The zero-order valence-electron chi connectivity index (χ0n) is 11.1. The van der Waals surface area contributed by atoms with Crippen LogP contribution in [0.15, 0.2) is 0 Å². The van der Waals surface area contributed by atoms with Crippen molar-refractivity contribution in [2.75, 3.05) is 6.54 Å². The molecular weight excluding hydrogens is 182 g/mol. The van der Waals surface area contributed by atoms with Gasteiger partial charge >= 0.3 is 0 Å². The number of hydrogen-bond donors (Lipinski definition) is 1. The summed E-state index contributed by atoms with van der Waals surface area (Å²) >= 11 is 0. The van der Waals surface area contributed by atoms with Crippen LogP contribution in [0.2, 0.25) is 0 Å². The molecule has 0 amide bonds. The summed E-state index contributed by atoms with van der Waals surface area (Å²) in [4.78, 5) is 0. The molecule has 0 aromatic carbocycles. The molecule has 0 fully saturated rings. The predicted octanol–water partition coefficient (Wildman–Crippen LogP) is 4.50. The van der Waals surface area contributed by atoms with Crippen molar-refractivity contribution in [3.8, 4) is 0 Å². The summed E-state index contributed by atoms with van der Waals surface area (Å²) in [5.74, 6) is 0. The maximum atomic E-state index is 6.03. The van der Waals surface area contributed by atoms with E-state index in [2.05, 4.69) is 20.8 Å². The number of unbranched alkanes of at least 4 members (excludes halogenated alkanes) is 3. The van der Waals surface area contributed by atoms with Crippen molar-refractivity contribution in [3.05, 3.63) is 0 Å². The number of rotatable bonds is 10. The highest BCUT2D eigenvalue weighted by Crippen LogP contribution is 2.35. The standard InChI is InChI=1S/C14H31N/c1-4-7-10-14(13-15,11-8-5-2)12-9-6-3/h4-13,15H2,1-3H3. The fraction of sp³-hybridized carbons (Fsp3) is 1.00. The second-order valence-corrected chi connectivity index (χ2v) is 5.01. The van der Waals surface area contributed by atoms with Crippen molar-refractivity contribution >= 4 is 0 Å². The van der Waals surface area contributed by atoms with Gasteiger partial charge in [0.15, 0.2) is 0 Å². The fourth-order valence-electron chi connectivity index (χ4n) is 2.34. The van der Waals surface area contributed by atoms with Crippen LogP contribution in [0.4, 0.5) is 0 Å². The third-order valence-electron chi connectivity index (χ3n) is 3.61. The third kappa shape index (κ3) is 6.19. The molecule has 92 valence electrons. The van der Waals surface area contributed by atoms with E-state index in [1.165, 1.54) is 57.8 Å². The molecule has 0 unspecified atom stereocenters. The topological polar surface area (TPSA) is 26.0 Å². The molecule has 1 heteroatoms. The van der Waals surface area contributed by atoms with Gasteiger partial charge in [-0.25, -0.2) is 0 Å². The van der Waals surface area contributed by atoms with Crippen LogP contribution < -0.4 is 5.73 Å². The molecule has 0 radical (unpaired) electrons. The lowest BCUT2D eigenvalue weighted by Gasteiger charge is -2.33. The SMILES string of the molecule is CCCCC(CN)(CCCC)CCCC. The van der Waals surface area contributed by atoms with E-state index in [4.69, 9.17) is 5.73 Å². The summed E-state index contributed by atoms with van der Waals surface area (Å²) in [6.45, 7) is 7.73. The van der Waals surface area contributed by atoms with Crippen LogP contribution in [0.25, 0.3) is 0 Å². The van der Waals surface area contributed by atoms with Gasteiger partial charge in [-0.05, 0) is 31.2 Å². The Labute approximate surface area is 96.8 Å². The molecule has 0 aromatic heterocycles. The van der Waals surface area contributed by atoms with Gasteiger partial charge in [-0.15, -0.1) is 0 Å². The predicted molar refractivity (Wildman–Crippen MR) is 70.1 cm³/mol. The Hall–Kier alpha value is -0.0400. The normalized spacial score (nSPS) is 12.0. The summed E-state index contributed by atoms with van der Waals surface area (Å²) in [6, 6.07) is 0. The highest BCUT2D eigenvalue weighted by molar-refractivity contribution is 4.80. The minimum absolute atomic E-state index is 0.474. The molecule has 15 heavy (non-hydrogen) atoms. The second kappa shape index (κ2) is 9.21. The Bertz CT molecular complexity index is 110. The van der Waals surface area contributed by atoms with E-state index in [1.807, 2.05) is 0 Å². The Balaban J connectivity index is 4.16. The molecular formula is C14H31N. The fourth-order valence-corrected chi connectivity index (χ4v) is 2.34. The van der Waals surface area contributed by atoms with Gasteiger partial charge in [0, 0.05) is 0 Å². The molecule has 0 aliphatic carbocycles. The van der Waals surface area contributed by atoms with E-state index >= 15 is 0 Å². The van der Waals surface area contributed by atoms with E-state index in [0.29, 0.717) is 5.41 Å². The average molecular weight is 213 g/mol. The summed E-state index contributed by atoms with van der Waals surface area (Å²) in [5.41, 5.74) is 6.50. The third-order valence-corrected chi connectivity index (χ3v) is 3.61. The maximum absolute atomic E-state index is 6.03. The van der Waals surface area contributed by atoms with Gasteiger partial charge in [0.25, 0.3) is 0 Å². The molecule has 0 atom stereocenters. The van der Waals surface area contributed by atoms with Gasteiger partial charge in [0.2, 0.25) is 0 Å². The quantitative estimate of drug-likeness (QED) is 0.568. The molecule has 0 aliphatic heterocycles. The maximum Gasteiger partial charge on any atom is -0.00205 e. The van der Waals surface area contributed by atoms with E-state index in [9.17, 15) is 0 Å². The minimum atomic E-state index is 0.474. The first kappa shape index (κ1) is 15.0. The highest BCUT2D eigenvalue weighted by atomic mass is 14.6. The molecule has 0 rings (SSSR count). The van der Waals surface area contributed by atoms with Crippen molar-refractivity contribution < 1.29 is 0 Å². The lowest BCUT2D eigenvalue weighted by molar-refractivity contribution is 0.210. The molecule has 1 nitrogen and oxygen atoms in total. The molecule has 0 heterocycles. The van der Waals surface area contributed by atoms with Crippen molar-refractivity contribution in [2.24, 2.45) is 11.1 Å². The molecule has 0 saturated carbocycles. The number of nitrogens with two attached hydrogens (primary N) is 1. The van der Waals surface area contributed by atoms with E-state index < -0.39 is 0 Å². The summed E-state index contributed by atoms with van der Waals surface area (Å²) in [5, 5.41) is 0. The Morgan fingerprint density at radius 2 is 1.07 bits per heavy atom. The van der Waals surface area contributed by atoms with E-state index in [1.54, 1.807) is 0 Å². The lowest BCUT2D eigenvalue weighted by atomic mass is 9.74. The van der Waals surface area contributed by atoms with Crippen molar-refractivity contribution in [3.63, 3.8) is 0 Å². The lowest BCUT2D eigenvalue weighted by Crippen LogP contribution is -2.30. The van der Waals surface area contributed by atoms with Crippen LogP contribution in [0.3, 0.4) is 0 Å². The van der Waals surface area contributed by atoms with Gasteiger partial charge < -0.3 is 5.73 Å². The molecule has 0 bridgehead atoms. The first-order chi connectivity index (χ1) is 7.24. The zero-order valence-corrected chi connectivity index (χ0v) is 11.1. The molecule has 0 spiro atoms. The van der Waals surface area contributed by atoms with E-state index in [0.717, 1.165) is 6.54 Å². The second-order valence-electron chi connectivity index (χ2n) is 5.01. The Morgan fingerprint density at radius 1 is 0.733 bits per heavy atom. The van der Waals surface area contributed by atoms with Crippen LogP contribution in [0.5, 0.6) is 0 Å². The first-order valence-electron chi connectivity index (χ1n) is 6.94. The highest BCUT2D eigenvalue weighted by Gasteiger charge is 2.26. The van der Waals surface area contributed by atoms with Crippen LogP contribution in [0.1, 0.15) is 78.6 Å². The van der Waals surface area contributed by atoms with Gasteiger partial charge in [-0.1, -0.05) is 59.3 Å². The molecule has 0 saturated heterocycles. The van der Waals surface area contributed by atoms with Crippen LogP contribution >= 0.6 is 0 Å². The van der Waals surface area contributed by atoms with Gasteiger partial charge in [0.1, 0.15) is 0 Å². The van der Waals surface area contributed by atoms with Crippen molar-refractivity contribution in [1.29, 1.82) is 0 Å². The van der Waals surface area contributed by atoms with Crippen molar-refractivity contribution in [1.82, 2.24) is 0 Å². The first-order valence-corrected chi connectivity index (χ1v) is 6.94. The summed E-state index contributed by atoms with van der Waals surface area (Å²) in [7, 11) is 0. The molecule has 2 N–H and O–H groups in total. The van der Waals surface area contributed by atoms with Crippen LogP contribution in [0, 0.1) is 5.41 Å². The number of hydrogen-bond acceptors (Lipinski definition) is 1. The average Bonchev–Trinajstić information content (AvgIpc) is 2.29. The Morgan fingerprint density at radius 3 is 1.27 bits per heavy atom. The molecule has 0 aliphatic rings. The minimum Gasteiger partial charge on any atom is -0.330 e. The van der Waals surface area contributed by atoms with Crippen LogP contribution in [-0.2, 0) is 0 Å². The summed E-state index contributed by atoms with van der Waals surface area (Å²) < 4.78 is 0. The van der Waals surface area contributed by atoms with Gasteiger partial charge in [-0.3, -0.25) is 0 Å². The largest absolute Gasteiger partial charge is 0.330 e. The van der Waals surface area contributed by atoms with Crippen LogP contribution in [-0.4, -0.2) is 6.54 Å². The van der Waals surface area contributed by atoms with Crippen molar-refractivity contribution in [2.45, 2.75) is 78.6 Å². The Kier molecular flexibility index (Phi) is 9.18.